The summed E-state index contributed by atoms with van der Waals surface area (Å²) >= 11 is 1.27. The lowest BCUT2D eigenvalue weighted by Crippen LogP contribution is -2.44. The van der Waals surface area contributed by atoms with E-state index in [1.165, 1.54) is 17.7 Å². The fourth-order valence-corrected chi connectivity index (χ4v) is 5.37. The van der Waals surface area contributed by atoms with Gasteiger partial charge < -0.3 is 35.0 Å². The molecular weight excluding hydrogens is 548 g/mol. The van der Waals surface area contributed by atoms with Gasteiger partial charge in [-0.05, 0) is 37.7 Å². The molecule has 41 heavy (non-hydrogen) atoms. The Balaban J connectivity index is 1.26. The molecule has 216 valence electrons. The van der Waals surface area contributed by atoms with Gasteiger partial charge in [-0.3, -0.25) is 10.1 Å². The number of rotatable bonds is 11. The molecule has 4 aromatic rings. The van der Waals surface area contributed by atoms with E-state index in [-0.39, 0.29) is 0 Å². The second-order valence-electron chi connectivity index (χ2n) is 9.62. The summed E-state index contributed by atoms with van der Waals surface area (Å²) < 4.78 is 12.6. The molecule has 1 fully saturated rings. The first kappa shape index (κ1) is 28.3. The molecule has 1 aliphatic heterocycles. The smallest absolute Gasteiger partial charge is 0.323 e. The number of carboxylic acids is 1. The van der Waals surface area contributed by atoms with Gasteiger partial charge in [0.15, 0.2) is 16.6 Å². The molecule has 13 nitrogen and oxygen atoms in total. The van der Waals surface area contributed by atoms with Crippen LogP contribution in [0.4, 0.5) is 21.4 Å². The average Bonchev–Trinajstić information content (AvgIpc) is 3.36. The molecule has 2 amide bonds. The molecule has 0 bridgehead atoms. The van der Waals surface area contributed by atoms with Crippen LogP contribution in [0.25, 0.3) is 21.1 Å². The lowest BCUT2D eigenvalue weighted by Gasteiger charge is -2.32. The van der Waals surface area contributed by atoms with Gasteiger partial charge in [-0.15, -0.1) is 0 Å². The van der Waals surface area contributed by atoms with Crippen molar-refractivity contribution in [1.29, 1.82) is 0 Å². The van der Waals surface area contributed by atoms with Gasteiger partial charge in [0, 0.05) is 49.9 Å². The van der Waals surface area contributed by atoms with Crippen molar-refractivity contribution in [3.05, 3.63) is 36.7 Å². The van der Waals surface area contributed by atoms with Crippen molar-refractivity contribution in [1.82, 2.24) is 30.1 Å². The number of hydrogen-bond acceptors (Lipinski definition) is 11. The molecule has 0 aliphatic carbocycles. The summed E-state index contributed by atoms with van der Waals surface area (Å²) in [6.07, 6.45) is 2.42. The highest BCUT2D eigenvalue weighted by Gasteiger charge is 2.15. The fourth-order valence-electron chi connectivity index (χ4n) is 4.47. The average molecular weight is 581 g/mol. The van der Waals surface area contributed by atoms with Gasteiger partial charge in [0.05, 0.1) is 29.5 Å². The first-order chi connectivity index (χ1) is 19.9. The zero-order valence-electron chi connectivity index (χ0n) is 22.8. The van der Waals surface area contributed by atoms with Crippen molar-refractivity contribution in [2.45, 2.75) is 6.42 Å². The molecular formula is C27H32N8O5S. The van der Waals surface area contributed by atoms with Gasteiger partial charge in [-0.1, -0.05) is 11.3 Å². The van der Waals surface area contributed by atoms with Crippen molar-refractivity contribution >= 4 is 61.1 Å². The molecule has 0 spiro atoms. The number of methoxy groups -OCH3 is 1. The minimum Gasteiger partial charge on any atom is -0.493 e. The number of fused-ring (bicyclic) bond motifs is 2. The number of nitrogens with one attached hydrogen (secondary N) is 3. The van der Waals surface area contributed by atoms with E-state index >= 15 is 0 Å². The SMILES string of the molecule is COc1cc2c(Nc3ccc4nc(NC(=O)NCC(=O)O)sc4c3)ncnc2cc1OCCCN1CCN(C)CC1. The first-order valence-electron chi connectivity index (χ1n) is 13.2. The van der Waals surface area contributed by atoms with Crippen LogP contribution in [0.15, 0.2) is 36.7 Å². The number of likely N-dealkylation sites (N-methyl/N-ethyl adjacent to an activating group) is 1. The quantitative estimate of drug-likeness (QED) is 0.193. The Bertz CT molecular complexity index is 1540. The largest absolute Gasteiger partial charge is 0.493 e. The number of urea groups is 1. The fraction of sp³-hybridized carbons (Fsp3) is 0.370. The number of aromatic nitrogens is 3. The maximum Gasteiger partial charge on any atom is 0.323 e. The number of anilines is 3. The number of carbonyl (C=O) groups is 2. The summed E-state index contributed by atoms with van der Waals surface area (Å²) in [6, 6.07) is 8.69. The number of amides is 2. The number of thiazole rings is 1. The number of ether oxygens (including phenoxy) is 2. The van der Waals surface area contributed by atoms with E-state index in [1.54, 1.807) is 7.11 Å². The predicted octanol–water partition coefficient (Wildman–Crippen LogP) is 3.21. The third kappa shape index (κ3) is 7.28. The first-order valence-corrected chi connectivity index (χ1v) is 14.0. The highest BCUT2D eigenvalue weighted by Crippen LogP contribution is 2.35. The normalized spacial score (nSPS) is 14.2. The number of aliphatic carboxylic acids is 1. The number of carboxylic acid groups (broad SMARTS) is 1. The number of hydrogen-bond donors (Lipinski definition) is 4. The third-order valence-corrected chi connectivity index (χ3v) is 7.60. The topological polar surface area (TPSA) is 154 Å². The summed E-state index contributed by atoms with van der Waals surface area (Å²) in [6.45, 7) is 5.47. The molecule has 4 N–H and O–H groups in total. The Kier molecular flexibility index (Phi) is 8.91. The highest BCUT2D eigenvalue weighted by molar-refractivity contribution is 7.22. The van der Waals surface area contributed by atoms with Crippen molar-refractivity contribution in [3.8, 4) is 11.5 Å². The number of benzene rings is 2. The molecule has 5 rings (SSSR count). The Morgan fingerprint density at radius 3 is 2.68 bits per heavy atom. The van der Waals surface area contributed by atoms with Gasteiger partial charge in [-0.25, -0.2) is 19.7 Å². The number of piperazine rings is 1. The second-order valence-corrected chi connectivity index (χ2v) is 10.6. The van der Waals surface area contributed by atoms with Crippen molar-refractivity contribution in [2.75, 3.05) is 70.7 Å². The van der Waals surface area contributed by atoms with E-state index in [4.69, 9.17) is 14.6 Å². The summed E-state index contributed by atoms with van der Waals surface area (Å²) in [5, 5.41) is 18.0. The van der Waals surface area contributed by atoms with Crippen molar-refractivity contribution in [2.24, 2.45) is 0 Å². The molecule has 1 saturated heterocycles. The molecule has 3 heterocycles. The van der Waals surface area contributed by atoms with Crippen LogP contribution in [0.2, 0.25) is 0 Å². The van der Waals surface area contributed by atoms with Crippen LogP contribution in [-0.2, 0) is 4.79 Å². The Morgan fingerprint density at radius 1 is 1.07 bits per heavy atom. The molecule has 0 unspecified atom stereocenters. The van der Waals surface area contributed by atoms with Crippen LogP contribution in [0.1, 0.15) is 6.42 Å². The molecule has 1 aliphatic rings. The predicted molar refractivity (Wildman–Crippen MR) is 158 cm³/mol. The minimum absolute atomic E-state index is 0.355. The van der Waals surface area contributed by atoms with E-state index < -0.39 is 18.5 Å². The maximum absolute atomic E-state index is 11.9. The standard InChI is InChI=1S/C27H32N8O5S/c1-34-7-9-35(10-8-34)6-3-11-40-22-14-20-18(13-21(22)39-2)25(30-16-29-20)31-17-4-5-19-23(12-17)41-27(32-19)33-26(38)28-15-24(36)37/h4-5,12-14,16H,3,6-11,15H2,1-2H3,(H,36,37)(H,29,30,31)(H2,28,32,33,38). The maximum atomic E-state index is 11.9. The summed E-state index contributed by atoms with van der Waals surface area (Å²) in [7, 11) is 3.77. The minimum atomic E-state index is -1.13. The van der Waals surface area contributed by atoms with Crippen LogP contribution < -0.4 is 25.4 Å². The van der Waals surface area contributed by atoms with Gasteiger partial charge in [0.25, 0.3) is 0 Å². The van der Waals surface area contributed by atoms with E-state index in [1.807, 2.05) is 30.3 Å². The van der Waals surface area contributed by atoms with Gasteiger partial charge in [0.1, 0.15) is 18.7 Å². The van der Waals surface area contributed by atoms with E-state index in [2.05, 4.69) is 47.7 Å². The van der Waals surface area contributed by atoms with Gasteiger partial charge in [0.2, 0.25) is 0 Å². The van der Waals surface area contributed by atoms with Crippen LogP contribution in [0.5, 0.6) is 11.5 Å². The summed E-state index contributed by atoms with van der Waals surface area (Å²) in [5.41, 5.74) is 2.18. The van der Waals surface area contributed by atoms with Crippen molar-refractivity contribution in [3.63, 3.8) is 0 Å². The van der Waals surface area contributed by atoms with Crippen LogP contribution >= 0.6 is 11.3 Å². The Labute approximate surface area is 240 Å². The van der Waals surface area contributed by atoms with Gasteiger partial charge in [-0.2, -0.15) is 0 Å². The van der Waals surface area contributed by atoms with Crippen LogP contribution in [-0.4, -0.2) is 102 Å². The Hall–Kier alpha value is -4.27. The van der Waals surface area contributed by atoms with Gasteiger partial charge >= 0.3 is 12.0 Å². The molecule has 0 saturated carbocycles. The van der Waals surface area contributed by atoms with E-state index in [0.717, 1.165) is 60.4 Å². The second kappa shape index (κ2) is 12.9. The molecule has 14 heteroatoms. The molecule has 2 aromatic carbocycles. The molecule has 0 atom stereocenters. The molecule has 0 radical (unpaired) electrons. The van der Waals surface area contributed by atoms with E-state index in [9.17, 15) is 9.59 Å². The Morgan fingerprint density at radius 2 is 1.90 bits per heavy atom. The summed E-state index contributed by atoms with van der Waals surface area (Å²) in [4.78, 5) is 40.6. The van der Waals surface area contributed by atoms with E-state index in [0.29, 0.717) is 34.6 Å². The monoisotopic (exact) mass is 580 g/mol. The number of nitrogens with zero attached hydrogens (tertiary/aromatic N) is 5. The summed E-state index contributed by atoms with van der Waals surface area (Å²) in [5.74, 6) is 0.715. The highest BCUT2D eigenvalue weighted by atomic mass is 32.1. The lowest BCUT2D eigenvalue weighted by atomic mass is 10.2. The zero-order chi connectivity index (χ0) is 28.8. The van der Waals surface area contributed by atoms with Crippen LogP contribution in [0, 0.1) is 0 Å². The van der Waals surface area contributed by atoms with Crippen molar-refractivity contribution < 1.29 is 24.2 Å². The third-order valence-electron chi connectivity index (χ3n) is 6.66. The lowest BCUT2D eigenvalue weighted by molar-refractivity contribution is -0.135. The number of carbonyl (C=O) groups excluding carboxylic acids is 1. The molecule has 2 aromatic heterocycles. The van der Waals surface area contributed by atoms with Crippen LogP contribution in [0.3, 0.4) is 0 Å². The zero-order valence-corrected chi connectivity index (χ0v) is 23.7.